The highest BCUT2D eigenvalue weighted by Crippen LogP contribution is 2.25. The Bertz CT molecular complexity index is 344. The Kier molecular flexibility index (Phi) is 6.34. The van der Waals surface area contributed by atoms with Gasteiger partial charge in [0.1, 0.15) is 5.75 Å². The first-order chi connectivity index (χ1) is 8.17. The van der Waals surface area contributed by atoms with Crippen LogP contribution < -0.4 is 4.74 Å². The monoisotopic (exact) mass is 257 g/mol. The van der Waals surface area contributed by atoms with E-state index in [1.807, 2.05) is 18.2 Å². The normalized spacial score (nSPS) is 10.9. The Balaban J connectivity index is 2.44. The fourth-order valence-electron chi connectivity index (χ4n) is 1.64. The summed E-state index contributed by atoms with van der Waals surface area (Å²) in [5.74, 6) is 0.712. The summed E-state index contributed by atoms with van der Waals surface area (Å²) in [6, 6.07) is 5.87. The van der Waals surface area contributed by atoms with Gasteiger partial charge in [-0.3, -0.25) is 0 Å². The summed E-state index contributed by atoms with van der Waals surface area (Å²) >= 11 is 6.06. The zero-order valence-corrected chi connectivity index (χ0v) is 11.2. The summed E-state index contributed by atoms with van der Waals surface area (Å²) in [5.41, 5.74) is 1.20. The van der Waals surface area contributed by atoms with Crippen molar-refractivity contribution < 1.29 is 9.84 Å². The molecule has 0 heterocycles. The highest BCUT2D eigenvalue weighted by Gasteiger charge is 2.03. The molecule has 0 aliphatic heterocycles. The Labute approximate surface area is 108 Å². The number of aliphatic hydroxyl groups is 1. The fourth-order valence-corrected chi connectivity index (χ4v) is 1.92. The lowest BCUT2D eigenvalue weighted by atomic mass is 10.1. The standard InChI is InChI=1S/C13H20ClNO2/c1-15(7-3-9-16)8-6-11-4-5-13(17-2)12(14)10-11/h4-5,10,16H,3,6-9H2,1-2H3. The van der Waals surface area contributed by atoms with Crippen LogP contribution in [0.3, 0.4) is 0 Å². The number of aliphatic hydroxyl groups excluding tert-OH is 1. The Hall–Kier alpha value is -0.770. The molecular weight excluding hydrogens is 238 g/mol. The minimum absolute atomic E-state index is 0.249. The fraction of sp³-hybridized carbons (Fsp3) is 0.538. The molecule has 0 amide bonds. The first kappa shape index (κ1) is 14.3. The maximum Gasteiger partial charge on any atom is 0.137 e. The van der Waals surface area contributed by atoms with E-state index < -0.39 is 0 Å². The largest absolute Gasteiger partial charge is 0.495 e. The number of hydrogen-bond acceptors (Lipinski definition) is 3. The average Bonchev–Trinajstić information content (AvgIpc) is 2.34. The van der Waals surface area contributed by atoms with Crippen LogP contribution in [-0.2, 0) is 6.42 Å². The second kappa shape index (κ2) is 7.54. The maximum absolute atomic E-state index is 8.74. The molecule has 0 bridgehead atoms. The van der Waals surface area contributed by atoms with E-state index in [0.29, 0.717) is 10.8 Å². The van der Waals surface area contributed by atoms with Gasteiger partial charge in [-0.05, 0) is 37.6 Å². The molecular formula is C13H20ClNO2. The van der Waals surface area contributed by atoms with Gasteiger partial charge in [0.15, 0.2) is 0 Å². The van der Waals surface area contributed by atoms with Crippen molar-refractivity contribution in [2.24, 2.45) is 0 Å². The van der Waals surface area contributed by atoms with Crippen molar-refractivity contribution in [1.29, 1.82) is 0 Å². The third-order valence-electron chi connectivity index (χ3n) is 2.70. The van der Waals surface area contributed by atoms with Crippen LogP contribution in [0.2, 0.25) is 5.02 Å². The molecule has 0 radical (unpaired) electrons. The van der Waals surface area contributed by atoms with Crippen LogP contribution in [0.5, 0.6) is 5.75 Å². The lowest BCUT2D eigenvalue weighted by Gasteiger charge is -2.16. The number of ether oxygens (including phenoxy) is 1. The highest BCUT2D eigenvalue weighted by molar-refractivity contribution is 6.32. The van der Waals surface area contributed by atoms with Crippen molar-refractivity contribution in [3.05, 3.63) is 28.8 Å². The minimum Gasteiger partial charge on any atom is -0.495 e. The average molecular weight is 258 g/mol. The number of benzene rings is 1. The molecule has 0 aliphatic rings. The molecule has 1 N–H and O–H groups in total. The molecule has 1 aromatic rings. The van der Waals surface area contributed by atoms with E-state index in [4.69, 9.17) is 21.4 Å². The van der Waals surface area contributed by atoms with Gasteiger partial charge >= 0.3 is 0 Å². The Morgan fingerprint density at radius 1 is 1.35 bits per heavy atom. The second-order valence-electron chi connectivity index (χ2n) is 4.10. The van der Waals surface area contributed by atoms with Crippen LogP contribution in [0.25, 0.3) is 0 Å². The summed E-state index contributed by atoms with van der Waals surface area (Å²) in [6.07, 6.45) is 1.77. The molecule has 0 saturated heterocycles. The van der Waals surface area contributed by atoms with Gasteiger partial charge < -0.3 is 14.7 Å². The van der Waals surface area contributed by atoms with Crippen LogP contribution in [-0.4, -0.2) is 43.9 Å². The molecule has 0 fully saturated rings. The van der Waals surface area contributed by atoms with Crippen molar-refractivity contribution in [2.45, 2.75) is 12.8 Å². The molecule has 4 heteroatoms. The lowest BCUT2D eigenvalue weighted by molar-refractivity contribution is 0.248. The van der Waals surface area contributed by atoms with E-state index in [-0.39, 0.29) is 6.61 Å². The van der Waals surface area contributed by atoms with Gasteiger partial charge in [-0.25, -0.2) is 0 Å². The van der Waals surface area contributed by atoms with Crippen molar-refractivity contribution in [1.82, 2.24) is 4.90 Å². The van der Waals surface area contributed by atoms with Crippen LogP contribution in [0, 0.1) is 0 Å². The van der Waals surface area contributed by atoms with E-state index in [0.717, 1.165) is 25.9 Å². The van der Waals surface area contributed by atoms with E-state index >= 15 is 0 Å². The van der Waals surface area contributed by atoms with E-state index in [1.165, 1.54) is 5.56 Å². The number of hydrogen-bond donors (Lipinski definition) is 1. The number of halogens is 1. The van der Waals surface area contributed by atoms with Crippen molar-refractivity contribution in [3.63, 3.8) is 0 Å². The Morgan fingerprint density at radius 2 is 2.12 bits per heavy atom. The van der Waals surface area contributed by atoms with E-state index in [9.17, 15) is 0 Å². The number of likely N-dealkylation sites (N-methyl/N-ethyl adjacent to an activating group) is 1. The summed E-state index contributed by atoms with van der Waals surface area (Å²) < 4.78 is 5.11. The molecule has 0 spiro atoms. The quantitative estimate of drug-likeness (QED) is 0.813. The highest BCUT2D eigenvalue weighted by atomic mass is 35.5. The zero-order valence-electron chi connectivity index (χ0n) is 10.4. The van der Waals surface area contributed by atoms with Gasteiger partial charge in [0.2, 0.25) is 0 Å². The molecule has 1 rings (SSSR count). The Morgan fingerprint density at radius 3 is 2.71 bits per heavy atom. The molecule has 3 nitrogen and oxygen atoms in total. The molecule has 96 valence electrons. The predicted octanol–water partition coefficient (Wildman–Crippen LogP) is 2.21. The van der Waals surface area contributed by atoms with Gasteiger partial charge in [-0.15, -0.1) is 0 Å². The minimum atomic E-state index is 0.249. The molecule has 1 aromatic carbocycles. The summed E-state index contributed by atoms with van der Waals surface area (Å²) in [4.78, 5) is 2.20. The van der Waals surface area contributed by atoms with Crippen molar-refractivity contribution in [3.8, 4) is 5.75 Å². The van der Waals surface area contributed by atoms with Gasteiger partial charge in [-0.1, -0.05) is 17.7 Å². The van der Waals surface area contributed by atoms with Gasteiger partial charge in [0.25, 0.3) is 0 Å². The first-order valence-electron chi connectivity index (χ1n) is 5.79. The van der Waals surface area contributed by atoms with Gasteiger partial charge in [0, 0.05) is 19.7 Å². The smallest absolute Gasteiger partial charge is 0.137 e. The number of methoxy groups -OCH3 is 1. The van der Waals surface area contributed by atoms with Crippen LogP contribution in [0.4, 0.5) is 0 Å². The zero-order chi connectivity index (χ0) is 12.7. The van der Waals surface area contributed by atoms with Gasteiger partial charge in [-0.2, -0.15) is 0 Å². The number of rotatable bonds is 7. The topological polar surface area (TPSA) is 32.7 Å². The van der Waals surface area contributed by atoms with Crippen molar-refractivity contribution in [2.75, 3.05) is 33.9 Å². The molecule has 0 aromatic heterocycles. The molecule has 0 unspecified atom stereocenters. The van der Waals surface area contributed by atoms with Crippen LogP contribution in [0.1, 0.15) is 12.0 Å². The van der Waals surface area contributed by atoms with E-state index in [1.54, 1.807) is 7.11 Å². The SMILES string of the molecule is COc1ccc(CCN(C)CCCO)cc1Cl. The van der Waals surface area contributed by atoms with Gasteiger partial charge in [0.05, 0.1) is 12.1 Å². The number of nitrogens with zero attached hydrogens (tertiary/aromatic N) is 1. The second-order valence-corrected chi connectivity index (χ2v) is 4.51. The summed E-state index contributed by atoms with van der Waals surface area (Å²) in [7, 11) is 3.67. The van der Waals surface area contributed by atoms with Crippen LogP contribution in [0.15, 0.2) is 18.2 Å². The predicted molar refractivity (Wildman–Crippen MR) is 70.9 cm³/mol. The first-order valence-corrected chi connectivity index (χ1v) is 6.17. The van der Waals surface area contributed by atoms with Crippen molar-refractivity contribution >= 4 is 11.6 Å². The lowest BCUT2D eigenvalue weighted by Crippen LogP contribution is -2.23. The molecule has 17 heavy (non-hydrogen) atoms. The maximum atomic E-state index is 8.74. The third kappa shape index (κ3) is 4.94. The molecule has 0 atom stereocenters. The molecule has 0 saturated carbocycles. The van der Waals surface area contributed by atoms with Crippen LogP contribution >= 0.6 is 11.6 Å². The van der Waals surface area contributed by atoms with E-state index in [2.05, 4.69) is 11.9 Å². The summed E-state index contributed by atoms with van der Waals surface area (Å²) in [5, 5.41) is 9.39. The summed E-state index contributed by atoms with van der Waals surface area (Å²) in [6.45, 7) is 2.13. The third-order valence-corrected chi connectivity index (χ3v) is 2.99. The molecule has 0 aliphatic carbocycles.